The van der Waals surface area contributed by atoms with E-state index in [1.165, 1.54) is 28.6 Å². The van der Waals surface area contributed by atoms with Crippen LogP contribution in [-0.2, 0) is 14.8 Å². The molecule has 1 aliphatic heterocycles. The number of quaternary nitrogens is 1. The van der Waals surface area contributed by atoms with E-state index in [1.54, 1.807) is 0 Å². The molecule has 0 aliphatic carbocycles. The molecule has 1 saturated heterocycles. The minimum absolute atomic E-state index is 0.0556. The normalized spacial score (nSPS) is 17.5. The van der Waals surface area contributed by atoms with Crippen molar-refractivity contribution in [3.63, 3.8) is 0 Å². The highest BCUT2D eigenvalue weighted by Crippen LogP contribution is 2.26. The predicted molar refractivity (Wildman–Crippen MR) is 109 cm³/mol. The number of carbonyl (C=O) groups excluding carboxylic acids is 1. The smallest absolute Gasteiger partial charge is 0.289 e. The van der Waals surface area contributed by atoms with Crippen molar-refractivity contribution in [2.24, 2.45) is 0 Å². The number of para-hydroxylation sites is 1. The Labute approximate surface area is 172 Å². The zero-order chi connectivity index (χ0) is 21.9. The second kappa shape index (κ2) is 9.19. The Morgan fingerprint density at radius 3 is 2.10 bits per heavy atom. The van der Waals surface area contributed by atoms with Gasteiger partial charge in [0.2, 0.25) is 10.0 Å². The first-order valence-electron chi connectivity index (χ1n) is 9.88. The summed E-state index contributed by atoms with van der Waals surface area (Å²) in [6, 6.07) is 5.28. The minimum atomic E-state index is -3.97. The third kappa shape index (κ3) is 4.93. The molecule has 9 nitrogen and oxygen atoms in total. The molecule has 1 N–H and O–H groups in total. The van der Waals surface area contributed by atoms with Crippen LogP contribution in [0.25, 0.3) is 0 Å². The number of piperazine rings is 1. The SMILES string of the molecule is CC(C)N(C(=O)[C@H](C)[NH+]1CCN(S(=O)(=O)c2ccccc2[N+](=O)[O-])CC1)C(C)C. The van der Waals surface area contributed by atoms with Gasteiger partial charge in [-0.1, -0.05) is 12.1 Å². The molecule has 10 heteroatoms. The number of hydrogen-bond donors (Lipinski definition) is 1. The Kier molecular flexibility index (Phi) is 7.36. The second-order valence-corrected chi connectivity index (χ2v) is 9.85. The molecule has 29 heavy (non-hydrogen) atoms. The molecule has 0 aromatic heterocycles. The molecular formula is C19H31N4O5S+. The Balaban J connectivity index is 2.12. The largest absolute Gasteiger partial charge is 0.333 e. The van der Waals surface area contributed by atoms with Crippen LogP contribution in [0.2, 0.25) is 0 Å². The summed E-state index contributed by atoms with van der Waals surface area (Å²) in [5.74, 6) is 0.0556. The van der Waals surface area contributed by atoms with Crippen molar-refractivity contribution in [3.8, 4) is 0 Å². The lowest BCUT2D eigenvalue weighted by Gasteiger charge is -2.38. The summed E-state index contributed by atoms with van der Waals surface area (Å²) in [7, 11) is -3.97. The fourth-order valence-electron chi connectivity index (χ4n) is 3.92. The van der Waals surface area contributed by atoms with Gasteiger partial charge < -0.3 is 9.80 Å². The van der Waals surface area contributed by atoms with Gasteiger partial charge in [0, 0.05) is 18.2 Å². The Bertz CT molecular complexity index is 840. The van der Waals surface area contributed by atoms with Crippen molar-refractivity contribution in [1.82, 2.24) is 9.21 Å². The van der Waals surface area contributed by atoms with E-state index in [2.05, 4.69) is 0 Å². The Morgan fingerprint density at radius 2 is 1.62 bits per heavy atom. The van der Waals surface area contributed by atoms with Crippen molar-refractivity contribution in [2.45, 2.75) is 57.6 Å². The molecule has 0 spiro atoms. The van der Waals surface area contributed by atoms with Crippen LogP contribution in [0.1, 0.15) is 34.6 Å². The summed E-state index contributed by atoms with van der Waals surface area (Å²) in [4.78, 5) is 26.1. The number of nitrogens with zero attached hydrogens (tertiary/aromatic N) is 3. The van der Waals surface area contributed by atoms with Crippen LogP contribution in [0.4, 0.5) is 5.69 Å². The molecule has 1 fully saturated rings. The Hall–Kier alpha value is -2.04. The van der Waals surface area contributed by atoms with Crippen molar-refractivity contribution < 1.29 is 23.0 Å². The quantitative estimate of drug-likeness (QED) is 0.504. The van der Waals surface area contributed by atoms with Crippen molar-refractivity contribution in [3.05, 3.63) is 34.4 Å². The lowest BCUT2D eigenvalue weighted by molar-refractivity contribution is -0.918. The third-order valence-electron chi connectivity index (χ3n) is 5.39. The zero-order valence-electron chi connectivity index (χ0n) is 17.7. The number of rotatable bonds is 7. The molecule has 1 heterocycles. The number of nitro benzene ring substituents is 1. The van der Waals surface area contributed by atoms with Gasteiger partial charge in [-0.2, -0.15) is 4.31 Å². The number of amides is 1. The van der Waals surface area contributed by atoms with Gasteiger partial charge in [0.15, 0.2) is 10.9 Å². The van der Waals surface area contributed by atoms with Gasteiger partial charge in [-0.25, -0.2) is 8.42 Å². The van der Waals surface area contributed by atoms with Gasteiger partial charge in [0.25, 0.3) is 11.6 Å². The standard InChI is InChI=1S/C19H30N4O5S/c1-14(2)22(15(3)4)19(24)16(5)20-10-12-21(13-11-20)29(27,28)18-9-7-6-8-17(18)23(25)26/h6-9,14-16H,10-13H2,1-5H3/p+1/t16-/m0/s1. The topological polar surface area (TPSA) is 105 Å². The van der Waals surface area contributed by atoms with Gasteiger partial charge >= 0.3 is 0 Å². The first-order valence-corrected chi connectivity index (χ1v) is 11.3. The lowest BCUT2D eigenvalue weighted by Crippen LogP contribution is -3.19. The highest BCUT2D eigenvalue weighted by Gasteiger charge is 2.38. The molecule has 1 atom stereocenters. The average Bonchev–Trinajstić information content (AvgIpc) is 2.66. The summed E-state index contributed by atoms with van der Waals surface area (Å²) < 4.78 is 27.2. The summed E-state index contributed by atoms with van der Waals surface area (Å²) in [6.45, 7) is 11.2. The maximum Gasteiger partial charge on any atom is 0.289 e. The number of sulfonamides is 1. The molecular weight excluding hydrogens is 396 g/mol. The number of benzene rings is 1. The minimum Gasteiger partial charge on any atom is -0.333 e. The van der Waals surface area contributed by atoms with Crippen LogP contribution in [0.5, 0.6) is 0 Å². The molecule has 1 aromatic rings. The monoisotopic (exact) mass is 427 g/mol. The van der Waals surface area contributed by atoms with Crippen molar-refractivity contribution in [1.29, 1.82) is 0 Å². The van der Waals surface area contributed by atoms with Gasteiger partial charge in [0.05, 0.1) is 31.1 Å². The van der Waals surface area contributed by atoms with Crippen LogP contribution >= 0.6 is 0 Å². The van der Waals surface area contributed by atoms with Crippen LogP contribution in [0.15, 0.2) is 29.2 Å². The van der Waals surface area contributed by atoms with E-state index in [0.717, 1.165) is 4.90 Å². The Morgan fingerprint density at radius 1 is 1.10 bits per heavy atom. The molecule has 0 bridgehead atoms. The molecule has 0 saturated carbocycles. The third-order valence-corrected chi connectivity index (χ3v) is 7.34. The molecule has 0 unspecified atom stereocenters. The highest BCUT2D eigenvalue weighted by atomic mass is 32.2. The number of nitrogens with one attached hydrogen (secondary N) is 1. The summed E-state index contributed by atoms with van der Waals surface area (Å²) >= 11 is 0. The molecule has 1 aromatic carbocycles. The number of hydrogen-bond acceptors (Lipinski definition) is 5. The van der Waals surface area contributed by atoms with E-state index in [4.69, 9.17) is 0 Å². The number of carbonyl (C=O) groups is 1. The zero-order valence-corrected chi connectivity index (χ0v) is 18.5. The first kappa shape index (κ1) is 23.2. The van der Waals surface area contributed by atoms with Crippen molar-refractivity contribution >= 4 is 21.6 Å². The molecule has 2 rings (SSSR count). The molecule has 0 radical (unpaired) electrons. The van der Waals surface area contributed by atoms with Crippen LogP contribution in [-0.4, -0.2) is 72.8 Å². The maximum absolute atomic E-state index is 12.9. The summed E-state index contributed by atoms with van der Waals surface area (Å²) in [5.41, 5.74) is -0.421. The fraction of sp³-hybridized carbons (Fsp3) is 0.632. The van der Waals surface area contributed by atoms with Crippen LogP contribution in [0, 0.1) is 10.1 Å². The molecule has 1 aliphatic rings. The van der Waals surface area contributed by atoms with E-state index < -0.39 is 20.6 Å². The lowest BCUT2D eigenvalue weighted by atomic mass is 10.1. The van der Waals surface area contributed by atoms with Crippen LogP contribution < -0.4 is 4.90 Å². The van der Waals surface area contributed by atoms with Gasteiger partial charge in [-0.05, 0) is 40.7 Å². The van der Waals surface area contributed by atoms with Crippen LogP contribution in [0.3, 0.4) is 0 Å². The summed E-state index contributed by atoms with van der Waals surface area (Å²) in [5, 5.41) is 11.2. The number of nitro groups is 1. The maximum atomic E-state index is 12.9. The van der Waals surface area contributed by atoms with Crippen molar-refractivity contribution in [2.75, 3.05) is 26.2 Å². The predicted octanol–water partition coefficient (Wildman–Crippen LogP) is 0.518. The van der Waals surface area contributed by atoms with Gasteiger partial charge in [0.1, 0.15) is 0 Å². The fourth-order valence-corrected chi connectivity index (χ4v) is 5.51. The van der Waals surface area contributed by atoms with Gasteiger partial charge in [-0.3, -0.25) is 14.9 Å². The first-order chi connectivity index (χ1) is 13.5. The second-order valence-electron chi connectivity index (χ2n) is 7.94. The highest BCUT2D eigenvalue weighted by molar-refractivity contribution is 7.89. The van der Waals surface area contributed by atoms with Gasteiger partial charge in [-0.15, -0.1) is 0 Å². The molecule has 1 amide bonds. The van der Waals surface area contributed by atoms with E-state index in [9.17, 15) is 23.3 Å². The van der Waals surface area contributed by atoms with E-state index in [-0.39, 0.29) is 42.0 Å². The van der Waals surface area contributed by atoms with E-state index >= 15 is 0 Å². The summed E-state index contributed by atoms with van der Waals surface area (Å²) in [6.07, 6.45) is 0. The average molecular weight is 428 g/mol. The van der Waals surface area contributed by atoms with E-state index in [0.29, 0.717) is 13.1 Å². The molecule has 162 valence electrons. The van der Waals surface area contributed by atoms with E-state index in [1.807, 2.05) is 39.5 Å².